The van der Waals surface area contributed by atoms with Crippen molar-refractivity contribution in [2.24, 2.45) is 5.92 Å². The van der Waals surface area contributed by atoms with Crippen LogP contribution in [0.15, 0.2) is 54.6 Å². The molecule has 8 heteroatoms. The zero-order valence-electron chi connectivity index (χ0n) is 21.6. The topological polar surface area (TPSA) is 87.1 Å². The van der Waals surface area contributed by atoms with E-state index in [0.717, 1.165) is 37.5 Å². The summed E-state index contributed by atoms with van der Waals surface area (Å²) in [6, 6.07) is 19.4. The standard InChI is InChI=1S/C29H37N7O/c1-20-9-7-10-21(19-20)17-18-30-26(37)16-8-15-25-32-33-29-35(25)24-14-6-5-13-23(24)28-31-27(34-36(28)29)22-11-3-2-4-12-22/h2-4,7,9-12,19,23-24,27-28,31,34H,5-6,8,13-18H2,1H3,(H,30,37). The Morgan fingerprint density at radius 1 is 1.05 bits per heavy atom. The van der Waals surface area contributed by atoms with Gasteiger partial charge in [0.1, 0.15) is 18.2 Å². The minimum Gasteiger partial charge on any atom is -0.356 e. The van der Waals surface area contributed by atoms with Gasteiger partial charge in [0.25, 0.3) is 0 Å². The third-order valence-corrected chi connectivity index (χ3v) is 8.12. The van der Waals surface area contributed by atoms with Crippen molar-refractivity contribution < 1.29 is 4.79 Å². The molecule has 1 saturated heterocycles. The molecule has 2 aromatic carbocycles. The lowest BCUT2D eigenvalue weighted by atomic mass is 9.81. The van der Waals surface area contributed by atoms with Crippen LogP contribution in [0.4, 0.5) is 5.95 Å². The molecule has 4 atom stereocenters. The summed E-state index contributed by atoms with van der Waals surface area (Å²) >= 11 is 0. The van der Waals surface area contributed by atoms with Crippen molar-refractivity contribution in [3.05, 3.63) is 77.1 Å². The second-order valence-electron chi connectivity index (χ2n) is 10.7. The molecule has 6 rings (SSSR count). The highest BCUT2D eigenvalue weighted by molar-refractivity contribution is 5.75. The largest absolute Gasteiger partial charge is 0.356 e. The van der Waals surface area contributed by atoms with Crippen LogP contribution in [0.2, 0.25) is 0 Å². The molecular weight excluding hydrogens is 462 g/mol. The normalized spacial score (nSPS) is 24.3. The molecule has 194 valence electrons. The fourth-order valence-corrected chi connectivity index (χ4v) is 6.34. The first-order chi connectivity index (χ1) is 18.2. The summed E-state index contributed by atoms with van der Waals surface area (Å²) in [6.45, 7) is 2.77. The number of nitrogens with zero attached hydrogens (tertiary/aromatic N) is 4. The fourth-order valence-electron chi connectivity index (χ4n) is 6.34. The van der Waals surface area contributed by atoms with Gasteiger partial charge < -0.3 is 5.32 Å². The van der Waals surface area contributed by atoms with E-state index in [9.17, 15) is 4.79 Å². The second-order valence-corrected chi connectivity index (χ2v) is 10.7. The minimum absolute atomic E-state index is 0.0592. The zero-order chi connectivity index (χ0) is 25.2. The van der Waals surface area contributed by atoms with Gasteiger partial charge in [0.15, 0.2) is 0 Å². The molecule has 3 heterocycles. The van der Waals surface area contributed by atoms with Crippen LogP contribution in [0.3, 0.4) is 0 Å². The molecule has 0 radical (unpaired) electrons. The van der Waals surface area contributed by atoms with E-state index in [1.165, 1.54) is 36.0 Å². The Morgan fingerprint density at radius 3 is 2.78 bits per heavy atom. The van der Waals surface area contributed by atoms with Gasteiger partial charge in [-0.3, -0.25) is 19.7 Å². The van der Waals surface area contributed by atoms with Crippen LogP contribution in [0.1, 0.15) is 73.2 Å². The fraction of sp³-hybridized carbons (Fsp3) is 0.483. The van der Waals surface area contributed by atoms with Crippen molar-refractivity contribution in [1.29, 1.82) is 0 Å². The van der Waals surface area contributed by atoms with Crippen molar-refractivity contribution in [1.82, 2.24) is 30.8 Å². The lowest BCUT2D eigenvalue weighted by Crippen LogP contribution is -2.53. The number of nitrogens with one attached hydrogen (secondary N) is 3. The first-order valence-electron chi connectivity index (χ1n) is 13.8. The van der Waals surface area contributed by atoms with Gasteiger partial charge in [0, 0.05) is 31.3 Å². The maximum Gasteiger partial charge on any atom is 0.243 e. The van der Waals surface area contributed by atoms with Gasteiger partial charge in [-0.1, -0.05) is 73.0 Å². The molecule has 8 nitrogen and oxygen atoms in total. The third kappa shape index (κ3) is 5.00. The number of carbonyl (C=O) groups excluding carboxylic acids is 1. The molecule has 1 saturated carbocycles. The molecule has 1 amide bonds. The summed E-state index contributed by atoms with van der Waals surface area (Å²) in [5.41, 5.74) is 7.40. The van der Waals surface area contributed by atoms with Crippen molar-refractivity contribution in [3.63, 3.8) is 0 Å². The maximum absolute atomic E-state index is 12.5. The molecule has 4 unspecified atom stereocenters. The number of anilines is 1. The van der Waals surface area contributed by atoms with E-state index in [2.05, 4.69) is 97.4 Å². The van der Waals surface area contributed by atoms with Gasteiger partial charge in [0.05, 0.1) is 0 Å². The van der Waals surface area contributed by atoms with Gasteiger partial charge in [0.2, 0.25) is 11.9 Å². The summed E-state index contributed by atoms with van der Waals surface area (Å²) in [7, 11) is 0. The van der Waals surface area contributed by atoms with E-state index in [-0.39, 0.29) is 18.2 Å². The first-order valence-corrected chi connectivity index (χ1v) is 13.8. The SMILES string of the molecule is Cc1cccc(CCNC(=O)CCCc2nnc3n2C2CCCCC2C2NC(c4ccccc4)NN32)c1. The highest BCUT2D eigenvalue weighted by atomic mass is 16.1. The third-order valence-electron chi connectivity index (χ3n) is 8.12. The molecule has 3 aliphatic rings. The van der Waals surface area contributed by atoms with Crippen LogP contribution in [-0.4, -0.2) is 33.4 Å². The number of amides is 1. The molecule has 2 fully saturated rings. The van der Waals surface area contributed by atoms with Crippen molar-refractivity contribution >= 4 is 11.9 Å². The van der Waals surface area contributed by atoms with E-state index in [4.69, 9.17) is 0 Å². The number of aryl methyl sites for hydroxylation is 2. The predicted molar refractivity (Wildman–Crippen MR) is 144 cm³/mol. The van der Waals surface area contributed by atoms with Gasteiger partial charge >= 0.3 is 0 Å². The summed E-state index contributed by atoms with van der Waals surface area (Å²) in [6.07, 6.45) is 8.02. The van der Waals surface area contributed by atoms with E-state index in [1.807, 2.05) is 0 Å². The summed E-state index contributed by atoms with van der Waals surface area (Å²) < 4.78 is 2.37. The molecule has 0 spiro atoms. The Kier molecular flexibility index (Phi) is 6.93. The Hall–Kier alpha value is -3.23. The molecule has 37 heavy (non-hydrogen) atoms. The highest BCUT2D eigenvalue weighted by Crippen LogP contribution is 2.45. The monoisotopic (exact) mass is 499 g/mol. The average molecular weight is 500 g/mol. The molecule has 1 aliphatic carbocycles. The minimum atomic E-state index is 0.0592. The van der Waals surface area contributed by atoms with Crippen molar-refractivity contribution in [3.8, 4) is 0 Å². The smallest absolute Gasteiger partial charge is 0.243 e. The molecule has 2 aliphatic heterocycles. The van der Waals surface area contributed by atoms with Crippen LogP contribution in [0.5, 0.6) is 0 Å². The Balaban J connectivity index is 1.09. The Labute approximate surface area is 218 Å². The molecular formula is C29H37N7O. The second kappa shape index (κ2) is 10.6. The van der Waals surface area contributed by atoms with E-state index < -0.39 is 0 Å². The van der Waals surface area contributed by atoms with Crippen molar-refractivity contribution in [2.45, 2.75) is 76.7 Å². The molecule has 0 bridgehead atoms. The van der Waals surface area contributed by atoms with E-state index >= 15 is 0 Å². The Bertz CT molecular complexity index is 1230. The number of rotatable bonds is 8. The number of hydrogen-bond acceptors (Lipinski definition) is 6. The maximum atomic E-state index is 12.5. The van der Waals surface area contributed by atoms with Crippen LogP contribution < -0.4 is 21.1 Å². The predicted octanol–water partition coefficient (Wildman–Crippen LogP) is 3.95. The number of hydrogen-bond donors (Lipinski definition) is 3. The Morgan fingerprint density at radius 2 is 1.92 bits per heavy atom. The summed E-state index contributed by atoms with van der Waals surface area (Å²) in [5.74, 6) is 2.51. The number of fused-ring (bicyclic) bond motifs is 6. The zero-order valence-corrected chi connectivity index (χ0v) is 21.6. The summed E-state index contributed by atoms with van der Waals surface area (Å²) in [5, 5.41) is 18.4. The lowest BCUT2D eigenvalue weighted by molar-refractivity contribution is -0.121. The number of aromatic nitrogens is 3. The quantitative estimate of drug-likeness (QED) is 0.435. The van der Waals surface area contributed by atoms with Crippen LogP contribution in [0.25, 0.3) is 0 Å². The molecule has 1 aromatic heterocycles. The van der Waals surface area contributed by atoms with Gasteiger partial charge in [-0.2, -0.15) is 0 Å². The number of hydrazine groups is 1. The highest BCUT2D eigenvalue weighted by Gasteiger charge is 2.48. The summed E-state index contributed by atoms with van der Waals surface area (Å²) in [4.78, 5) is 12.5. The van der Waals surface area contributed by atoms with Gasteiger partial charge in [-0.05, 0) is 43.7 Å². The molecule has 3 aromatic rings. The molecule has 3 N–H and O–H groups in total. The van der Waals surface area contributed by atoms with Crippen molar-refractivity contribution in [2.75, 3.05) is 11.6 Å². The van der Waals surface area contributed by atoms with Crippen LogP contribution in [-0.2, 0) is 17.6 Å². The van der Waals surface area contributed by atoms with Crippen LogP contribution >= 0.6 is 0 Å². The number of benzene rings is 2. The average Bonchev–Trinajstić information content (AvgIpc) is 3.55. The number of carbonyl (C=O) groups is 1. The lowest BCUT2D eigenvalue weighted by Gasteiger charge is -2.44. The van der Waals surface area contributed by atoms with Gasteiger partial charge in [-0.25, -0.2) is 5.43 Å². The van der Waals surface area contributed by atoms with Gasteiger partial charge in [-0.15, -0.1) is 10.2 Å². The van der Waals surface area contributed by atoms with E-state index in [0.29, 0.717) is 24.9 Å². The van der Waals surface area contributed by atoms with E-state index in [1.54, 1.807) is 0 Å². The first kappa shape index (κ1) is 24.1. The van der Waals surface area contributed by atoms with Crippen LogP contribution in [0, 0.1) is 12.8 Å².